The van der Waals surface area contributed by atoms with Crippen molar-refractivity contribution < 1.29 is 18.0 Å². The van der Waals surface area contributed by atoms with E-state index in [1.54, 1.807) is 6.07 Å². The summed E-state index contributed by atoms with van der Waals surface area (Å²) in [5, 5.41) is 10.9. The number of amides is 1. The van der Waals surface area contributed by atoms with Crippen LogP contribution < -0.4 is 9.80 Å². The average Bonchev–Trinajstić information content (AvgIpc) is 3.33. The van der Waals surface area contributed by atoms with E-state index in [2.05, 4.69) is 28.3 Å². The molecule has 4 heterocycles. The van der Waals surface area contributed by atoms with Gasteiger partial charge in [-0.15, -0.1) is 15.3 Å². The van der Waals surface area contributed by atoms with Crippen molar-refractivity contribution in [1.29, 1.82) is 0 Å². The Labute approximate surface area is 176 Å². The number of anilines is 2. The molecule has 1 atom stereocenters. The molecule has 0 bridgehead atoms. The number of nitrogens with zero attached hydrogens (tertiary/aromatic N) is 6. The zero-order valence-electron chi connectivity index (χ0n) is 16.9. The summed E-state index contributed by atoms with van der Waals surface area (Å²) >= 11 is 0. The van der Waals surface area contributed by atoms with Crippen LogP contribution in [0, 0.1) is 5.92 Å². The van der Waals surface area contributed by atoms with Gasteiger partial charge in [-0.2, -0.15) is 17.7 Å². The van der Waals surface area contributed by atoms with Gasteiger partial charge in [-0.25, -0.2) is 0 Å². The number of rotatable bonds is 2. The Hall–Kier alpha value is -3.17. The van der Waals surface area contributed by atoms with Crippen LogP contribution in [0.3, 0.4) is 0 Å². The van der Waals surface area contributed by atoms with E-state index >= 15 is 0 Å². The number of para-hydroxylation sites is 1. The van der Waals surface area contributed by atoms with Crippen LogP contribution in [-0.4, -0.2) is 44.8 Å². The number of hydrogen-bond acceptors (Lipinski definition) is 5. The predicted molar refractivity (Wildman–Crippen MR) is 108 cm³/mol. The van der Waals surface area contributed by atoms with Gasteiger partial charge in [0.25, 0.3) is 5.82 Å². The van der Waals surface area contributed by atoms with Gasteiger partial charge in [-0.1, -0.05) is 18.2 Å². The van der Waals surface area contributed by atoms with Crippen LogP contribution in [-0.2, 0) is 17.4 Å². The zero-order chi connectivity index (χ0) is 21.8. The number of aromatic nitrogens is 4. The van der Waals surface area contributed by atoms with Crippen LogP contribution in [0.4, 0.5) is 24.7 Å². The van der Waals surface area contributed by atoms with Gasteiger partial charge in [0.1, 0.15) is 5.82 Å². The van der Waals surface area contributed by atoms with Crippen molar-refractivity contribution in [3.63, 3.8) is 0 Å². The molecule has 31 heavy (non-hydrogen) atoms. The van der Waals surface area contributed by atoms with E-state index in [0.717, 1.165) is 16.6 Å². The van der Waals surface area contributed by atoms with Gasteiger partial charge in [0.2, 0.25) is 5.91 Å². The molecule has 0 radical (unpaired) electrons. The molecule has 162 valence electrons. The molecule has 2 aromatic heterocycles. The third-order valence-corrected chi connectivity index (χ3v) is 6.12. The average molecular weight is 430 g/mol. The summed E-state index contributed by atoms with van der Waals surface area (Å²) in [4.78, 5) is 17.1. The number of carbonyl (C=O) groups is 1. The van der Waals surface area contributed by atoms with Crippen LogP contribution >= 0.6 is 0 Å². The maximum atomic E-state index is 13.3. The summed E-state index contributed by atoms with van der Waals surface area (Å²) in [6.07, 6.45) is -2.53. The third-order valence-electron chi connectivity index (χ3n) is 6.12. The molecular weight excluding hydrogens is 409 g/mol. The highest BCUT2D eigenvalue weighted by atomic mass is 19.4. The van der Waals surface area contributed by atoms with Crippen molar-refractivity contribution in [2.45, 2.75) is 38.4 Å². The van der Waals surface area contributed by atoms with E-state index < -0.39 is 12.0 Å². The second-order valence-electron chi connectivity index (χ2n) is 8.13. The number of carbonyl (C=O) groups excluding carboxylic acids is 1. The number of fused-ring (bicyclic) bond motifs is 2. The van der Waals surface area contributed by atoms with Crippen LogP contribution in [0.15, 0.2) is 36.4 Å². The van der Waals surface area contributed by atoms with Crippen molar-refractivity contribution >= 4 is 23.1 Å². The minimum Gasteiger partial charge on any atom is -0.355 e. The first-order chi connectivity index (χ1) is 14.8. The quantitative estimate of drug-likeness (QED) is 0.624. The molecule has 2 aliphatic rings. The summed E-state index contributed by atoms with van der Waals surface area (Å²) < 4.78 is 40.1. The largest absolute Gasteiger partial charge is 0.453 e. The molecule has 1 aromatic carbocycles. The summed E-state index contributed by atoms with van der Waals surface area (Å²) in [6, 6.07) is 11.2. The molecular formula is C21H21F3N6O. The Morgan fingerprint density at radius 2 is 1.81 bits per heavy atom. The lowest BCUT2D eigenvalue weighted by atomic mass is 9.95. The first kappa shape index (κ1) is 19.8. The van der Waals surface area contributed by atoms with Crippen molar-refractivity contribution in [2.24, 2.45) is 5.92 Å². The summed E-state index contributed by atoms with van der Waals surface area (Å²) in [5.41, 5.74) is 2.22. The normalized spacial score (nSPS) is 19.8. The molecule has 1 fully saturated rings. The van der Waals surface area contributed by atoms with Crippen molar-refractivity contribution in [3.05, 3.63) is 47.8 Å². The molecule has 0 saturated carbocycles. The molecule has 10 heteroatoms. The van der Waals surface area contributed by atoms with Crippen molar-refractivity contribution in [1.82, 2.24) is 19.8 Å². The first-order valence-corrected chi connectivity index (χ1v) is 10.3. The molecule has 3 aromatic rings. The van der Waals surface area contributed by atoms with Crippen LogP contribution in [0.5, 0.6) is 0 Å². The first-order valence-electron chi connectivity index (χ1n) is 10.3. The molecule has 0 unspecified atom stereocenters. The lowest BCUT2D eigenvalue weighted by molar-refractivity contribution is -0.146. The van der Waals surface area contributed by atoms with Crippen LogP contribution in [0.2, 0.25) is 0 Å². The van der Waals surface area contributed by atoms with Gasteiger partial charge >= 0.3 is 6.18 Å². The maximum absolute atomic E-state index is 13.3. The van der Waals surface area contributed by atoms with E-state index in [9.17, 15) is 18.0 Å². The maximum Gasteiger partial charge on any atom is 0.453 e. The van der Waals surface area contributed by atoms with E-state index in [1.807, 2.05) is 28.0 Å². The summed E-state index contributed by atoms with van der Waals surface area (Å²) in [6.45, 7) is 3.15. The highest BCUT2D eigenvalue weighted by Crippen LogP contribution is 2.35. The van der Waals surface area contributed by atoms with Gasteiger partial charge in [0, 0.05) is 30.7 Å². The van der Waals surface area contributed by atoms with Gasteiger partial charge in [-0.05, 0) is 49.9 Å². The van der Waals surface area contributed by atoms with Gasteiger partial charge in [-0.3, -0.25) is 4.79 Å². The number of piperidine rings is 1. The number of alkyl halides is 3. The number of halogens is 3. The number of hydrogen-bond donors (Lipinski definition) is 0. The Kier molecular flexibility index (Phi) is 4.60. The molecule has 7 nitrogen and oxygen atoms in total. The molecule has 1 amide bonds. The summed E-state index contributed by atoms with van der Waals surface area (Å²) in [5.74, 6) is -0.715. The van der Waals surface area contributed by atoms with Crippen molar-refractivity contribution in [3.8, 4) is 0 Å². The Morgan fingerprint density at radius 3 is 2.55 bits per heavy atom. The molecule has 0 aliphatic carbocycles. The van der Waals surface area contributed by atoms with Crippen molar-refractivity contribution in [2.75, 3.05) is 22.9 Å². The molecule has 1 saturated heterocycles. The van der Waals surface area contributed by atoms with E-state index in [0.29, 0.717) is 31.7 Å². The van der Waals surface area contributed by atoms with E-state index in [4.69, 9.17) is 0 Å². The molecule has 2 aliphatic heterocycles. The number of benzene rings is 1. The fourth-order valence-electron chi connectivity index (χ4n) is 4.58. The van der Waals surface area contributed by atoms with Gasteiger partial charge in [0.15, 0.2) is 5.65 Å². The standard InChI is InChI=1S/C21H21F3N6O/c1-13-12-15-4-2-3-5-16(15)29(13)19(31)14-8-10-28(11-9-14)18-7-6-17-25-26-20(21(22,23)24)30(17)27-18/h2-7,13-14H,8-12H2,1H3/t13-/m1/s1. The topological polar surface area (TPSA) is 66.6 Å². The van der Waals surface area contributed by atoms with Crippen LogP contribution in [0.25, 0.3) is 5.65 Å². The van der Waals surface area contributed by atoms with Crippen LogP contribution in [0.1, 0.15) is 31.2 Å². The third kappa shape index (κ3) is 3.39. The lowest BCUT2D eigenvalue weighted by Gasteiger charge is -2.35. The highest BCUT2D eigenvalue weighted by molar-refractivity contribution is 5.97. The SMILES string of the molecule is C[C@@H]1Cc2ccccc2N1C(=O)C1CCN(c2ccc3nnc(C(F)(F)F)n3n2)CC1. The predicted octanol–water partition coefficient (Wildman–Crippen LogP) is 3.34. The lowest BCUT2D eigenvalue weighted by Crippen LogP contribution is -2.45. The molecule has 0 spiro atoms. The van der Waals surface area contributed by atoms with E-state index in [-0.39, 0.29) is 23.5 Å². The van der Waals surface area contributed by atoms with Gasteiger partial charge in [0.05, 0.1) is 0 Å². The van der Waals surface area contributed by atoms with Gasteiger partial charge < -0.3 is 9.80 Å². The van der Waals surface area contributed by atoms with E-state index in [1.165, 1.54) is 11.6 Å². The minimum absolute atomic E-state index is 0.0443. The zero-order valence-corrected chi connectivity index (χ0v) is 16.9. The monoisotopic (exact) mass is 430 g/mol. The minimum atomic E-state index is -4.63. The summed E-state index contributed by atoms with van der Waals surface area (Å²) in [7, 11) is 0. The Bertz CT molecular complexity index is 1140. The Balaban J connectivity index is 1.31. The molecule has 0 N–H and O–H groups in total. The fourth-order valence-corrected chi connectivity index (χ4v) is 4.58. The Morgan fingerprint density at radius 1 is 1.06 bits per heavy atom. The second kappa shape index (κ2) is 7.21. The second-order valence-corrected chi connectivity index (χ2v) is 8.13. The highest BCUT2D eigenvalue weighted by Gasteiger charge is 2.38. The smallest absolute Gasteiger partial charge is 0.355 e. The molecule has 5 rings (SSSR count). The fraction of sp³-hybridized carbons (Fsp3) is 0.429.